The van der Waals surface area contributed by atoms with Crippen LogP contribution in [0.4, 0.5) is 20.2 Å². The zero-order valence-corrected chi connectivity index (χ0v) is 15.2. The molecule has 0 unspecified atom stereocenters. The minimum atomic E-state index is -0.608. The lowest BCUT2D eigenvalue weighted by atomic mass is 10.1. The normalized spacial score (nSPS) is 12.8. The van der Waals surface area contributed by atoms with Gasteiger partial charge in [-0.3, -0.25) is 0 Å². The minimum Gasteiger partial charge on any atom is -0.481 e. The predicted octanol–water partition coefficient (Wildman–Crippen LogP) is 4.58. The van der Waals surface area contributed by atoms with Crippen molar-refractivity contribution in [1.82, 2.24) is 9.97 Å². The van der Waals surface area contributed by atoms with E-state index in [2.05, 4.69) is 31.2 Å². The second-order valence-electron chi connectivity index (χ2n) is 5.68. The standard InChI is InChI=1S/C18H13BrF2N4O/c1-26-16-3-2-11-17-15(8-23-18(11)24-16)22-4-5-25(17)9-12-13(20)6-10(19)7-14(12)21/h2-8,22H,9H2,1H3. The van der Waals surface area contributed by atoms with Gasteiger partial charge >= 0.3 is 0 Å². The number of benzene rings is 1. The van der Waals surface area contributed by atoms with Crippen molar-refractivity contribution in [1.29, 1.82) is 0 Å². The molecule has 0 fully saturated rings. The van der Waals surface area contributed by atoms with Crippen molar-refractivity contribution in [3.63, 3.8) is 0 Å². The van der Waals surface area contributed by atoms with E-state index in [1.807, 2.05) is 6.07 Å². The third-order valence-electron chi connectivity index (χ3n) is 4.10. The summed E-state index contributed by atoms with van der Waals surface area (Å²) in [7, 11) is 1.53. The largest absolute Gasteiger partial charge is 0.481 e. The monoisotopic (exact) mass is 418 g/mol. The fraction of sp³-hybridized carbons (Fsp3) is 0.111. The molecule has 3 heterocycles. The smallest absolute Gasteiger partial charge is 0.215 e. The molecule has 0 amide bonds. The van der Waals surface area contributed by atoms with Gasteiger partial charge in [0, 0.05) is 33.9 Å². The zero-order chi connectivity index (χ0) is 18.3. The van der Waals surface area contributed by atoms with E-state index in [0.29, 0.717) is 16.0 Å². The van der Waals surface area contributed by atoms with Crippen molar-refractivity contribution < 1.29 is 13.5 Å². The van der Waals surface area contributed by atoms with Gasteiger partial charge in [-0.2, -0.15) is 4.98 Å². The highest BCUT2D eigenvalue weighted by Gasteiger charge is 2.21. The van der Waals surface area contributed by atoms with E-state index >= 15 is 0 Å². The number of nitrogens with zero attached hydrogens (tertiary/aromatic N) is 3. The first-order chi connectivity index (χ1) is 12.6. The molecule has 1 aliphatic rings. The van der Waals surface area contributed by atoms with Gasteiger partial charge < -0.3 is 15.0 Å². The van der Waals surface area contributed by atoms with Crippen LogP contribution in [-0.2, 0) is 6.54 Å². The molecule has 0 atom stereocenters. The van der Waals surface area contributed by atoms with Gasteiger partial charge in [0.15, 0.2) is 5.65 Å². The molecular formula is C18H13BrF2N4O. The number of nitrogens with one attached hydrogen (secondary N) is 1. The summed E-state index contributed by atoms with van der Waals surface area (Å²) in [6.07, 6.45) is 5.06. The van der Waals surface area contributed by atoms with Gasteiger partial charge in [0.05, 0.1) is 31.2 Å². The molecule has 0 bridgehead atoms. The number of halogens is 3. The summed E-state index contributed by atoms with van der Waals surface area (Å²) in [6.45, 7) is 0.0290. The Morgan fingerprint density at radius 2 is 2.00 bits per heavy atom. The molecule has 0 radical (unpaired) electrons. The Hall–Kier alpha value is -2.74. The molecule has 4 rings (SSSR count). The molecule has 0 saturated heterocycles. The molecule has 132 valence electrons. The Kier molecular flexibility index (Phi) is 4.20. The van der Waals surface area contributed by atoms with E-state index in [9.17, 15) is 8.78 Å². The van der Waals surface area contributed by atoms with E-state index in [0.717, 1.165) is 16.8 Å². The molecule has 0 saturated carbocycles. The Morgan fingerprint density at radius 3 is 2.73 bits per heavy atom. The zero-order valence-electron chi connectivity index (χ0n) is 13.6. The number of ether oxygens (including phenoxy) is 1. The van der Waals surface area contributed by atoms with Crippen LogP contribution in [0.1, 0.15) is 5.56 Å². The first-order valence-corrected chi connectivity index (χ1v) is 8.53. The maximum Gasteiger partial charge on any atom is 0.215 e. The average Bonchev–Trinajstić information content (AvgIpc) is 2.63. The highest BCUT2D eigenvalue weighted by molar-refractivity contribution is 9.10. The first-order valence-electron chi connectivity index (χ1n) is 7.74. The molecule has 26 heavy (non-hydrogen) atoms. The van der Waals surface area contributed by atoms with Crippen LogP contribution < -0.4 is 15.0 Å². The van der Waals surface area contributed by atoms with Crippen LogP contribution in [0.15, 0.2) is 47.3 Å². The summed E-state index contributed by atoms with van der Waals surface area (Å²) in [5.74, 6) is -0.771. The van der Waals surface area contributed by atoms with Crippen molar-refractivity contribution >= 4 is 38.3 Å². The van der Waals surface area contributed by atoms with Crippen LogP contribution in [0.3, 0.4) is 0 Å². The molecule has 1 aromatic carbocycles. The number of rotatable bonds is 3. The van der Waals surface area contributed by atoms with Crippen molar-refractivity contribution in [2.75, 3.05) is 17.3 Å². The van der Waals surface area contributed by atoms with E-state index in [-0.39, 0.29) is 12.1 Å². The van der Waals surface area contributed by atoms with Crippen LogP contribution in [0.25, 0.3) is 11.0 Å². The van der Waals surface area contributed by atoms with Gasteiger partial charge in [0.2, 0.25) is 5.88 Å². The SMILES string of the molecule is COc1ccc2c3c(cnc2n1)NC=CN3Cc1c(F)cc(Br)cc1F. The summed E-state index contributed by atoms with van der Waals surface area (Å²) in [5.41, 5.74) is 1.94. The Labute approximate surface area is 156 Å². The van der Waals surface area contributed by atoms with Gasteiger partial charge in [-0.05, 0) is 18.2 Å². The fourth-order valence-corrected chi connectivity index (χ4v) is 3.29. The summed E-state index contributed by atoms with van der Waals surface area (Å²) in [5, 5.41) is 3.85. The van der Waals surface area contributed by atoms with Gasteiger partial charge in [-0.15, -0.1) is 0 Å². The summed E-state index contributed by atoms with van der Waals surface area (Å²) in [4.78, 5) is 10.4. The fourth-order valence-electron chi connectivity index (χ4n) is 2.89. The van der Waals surface area contributed by atoms with Gasteiger partial charge in [0.1, 0.15) is 11.6 Å². The average molecular weight is 419 g/mol. The number of aromatic nitrogens is 2. The third-order valence-corrected chi connectivity index (χ3v) is 4.56. The summed E-state index contributed by atoms with van der Waals surface area (Å²) < 4.78 is 34.0. The van der Waals surface area contributed by atoms with Crippen LogP contribution in [0, 0.1) is 11.6 Å². The molecular weight excluding hydrogens is 406 g/mol. The third kappa shape index (κ3) is 2.86. The van der Waals surface area contributed by atoms with Gasteiger partial charge in [-0.1, -0.05) is 15.9 Å². The van der Waals surface area contributed by atoms with Crippen LogP contribution in [-0.4, -0.2) is 17.1 Å². The number of methoxy groups -OCH3 is 1. The number of hydrogen-bond donors (Lipinski definition) is 1. The molecule has 2 aromatic heterocycles. The predicted molar refractivity (Wildman–Crippen MR) is 99.1 cm³/mol. The topological polar surface area (TPSA) is 50.3 Å². The van der Waals surface area contributed by atoms with E-state index < -0.39 is 11.6 Å². The summed E-state index contributed by atoms with van der Waals surface area (Å²) >= 11 is 3.10. The number of fused-ring (bicyclic) bond motifs is 3. The van der Waals surface area contributed by atoms with E-state index in [1.165, 1.54) is 19.2 Å². The first kappa shape index (κ1) is 16.7. The quantitative estimate of drug-likeness (QED) is 0.674. The Bertz CT molecular complexity index is 1020. The lowest BCUT2D eigenvalue weighted by Crippen LogP contribution is -2.22. The Balaban J connectivity index is 1.82. The number of anilines is 2. The maximum atomic E-state index is 14.3. The van der Waals surface area contributed by atoms with Crippen molar-refractivity contribution in [3.05, 3.63) is 64.5 Å². The molecule has 1 N–H and O–H groups in total. The Morgan fingerprint density at radius 1 is 1.23 bits per heavy atom. The van der Waals surface area contributed by atoms with E-state index in [1.54, 1.807) is 29.6 Å². The number of hydrogen-bond acceptors (Lipinski definition) is 5. The molecule has 1 aliphatic heterocycles. The van der Waals surface area contributed by atoms with Crippen molar-refractivity contribution in [3.8, 4) is 5.88 Å². The second kappa shape index (κ2) is 6.53. The number of pyridine rings is 2. The summed E-state index contributed by atoms with van der Waals surface area (Å²) in [6, 6.07) is 6.06. The molecule has 5 nitrogen and oxygen atoms in total. The lowest BCUT2D eigenvalue weighted by molar-refractivity contribution is 0.399. The second-order valence-corrected chi connectivity index (χ2v) is 6.60. The van der Waals surface area contributed by atoms with Crippen LogP contribution >= 0.6 is 15.9 Å². The van der Waals surface area contributed by atoms with Crippen LogP contribution in [0.2, 0.25) is 0 Å². The van der Waals surface area contributed by atoms with Gasteiger partial charge in [0.25, 0.3) is 0 Å². The highest BCUT2D eigenvalue weighted by Crippen LogP contribution is 2.37. The lowest BCUT2D eigenvalue weighted by Gasteiger charge is -2.28. The molecule has 0 aliphatic carbocycles. The van der Waals surface area contributed by atoms with Crippen molar-refractivity contribution in [2.45, 2.75) is 6.54 Å². The highest BCUT2D eigenvalue weighted by atomic mass is 79.9. The minimum absolute atomic E-state index is 0.0165. The van der Waals surface area contributed by atoms with Crippen molar-refractivity contribution in [2.24, 2.45) is 0 Å². The maximum absolute atomic E-state index is 14.3. The van der Waals surface area contributed by atoms with Gasteiger partial charge in [-0.25, -0.2) is 13.8 Å². The molecule has 3 aromatic rings. The van der Waals surface area contributed by atoms with E-state index in [4.69, 9.17) is 4.74 Å². The van der Waals surface area contributed by atoms with Crippen LogP contribution in [0.5, 0.6) is 5.88 Å². The molecule has 8 heteroatoms. The molecule has 0 spiro atoms.